The highest BCUT2D eigenvalue weighted by molar-refractivity contribution is 7.18. The Kier molecular flexibility index (Phi) is 3.57. The van der Waals surface area contributed by atoms with Crippen molar-refractivity contribution in [3.63, 3.8) is 0 Å². The van der Waals surface area contributed by atoms with E-state index in [2.05, 4.69) is 18.8 Å². The summed E-state index contributed by atoms with van der Waals surface area (Å²) in [4.78, 5) is 24.2. The third kappa shape index (κ3) is 2.50. The standard InChI is InChI=1S/C17H23N3OS/c1-10-6-11(2)8-20(7-10)9-14-18-16(21)15-12-4-3-5-13(12)22-17(15)19-14/h10-11H,3-9H2,1-2H3,(H,18,19,21)/p+1/t10-,11+. The summed E-state index contributed by atoms with van der Waals surface area (Å²) >= 11 is 1.74. The number of hydrogen-bond acceptors (Lipinski definition) is 3. The van der Waals surface area contributed by atoms with Gasteiger partial charge >= 0.3 is 0 Å². The number of aromatic nitrogens is 2. The van der Waals surface area contributed by atoms with Gasteiger partial charge in [-0.05, 0) is 31.2 Å². The second-order valence-electron chi connectivity index (χ2n) is 7.33. The molecule has 4 nitrogen and oxygen atoms in total. The Morgan fingerprint density at radius 3 is 2.82 bits per heavy atom. The second kappa shape index (κ2) is 5.46. The molecule has 0 aromatic carbocycles. The fraction of sp³-hybridized carbons (Fsp3) is 0.647. The average Bonchev–Trinajstić information content (AvgIpc) is 2.96. The lowest BCUT2D eigenvalue weighted by Crippen LogP contribution is -3.13. The third-order valence-corrected chi connectivity index (χ3v) is 6.31. The van der Waals surface area contributed by atoms with Gasteiger partial charge in [0.1, 0.15) is 11.4 Å². The lowest BCUT2D eigenvalue weighted by molar-refractivity contribution is -0.926. The Morgan fingerprint density at radius 1 is 1.27 bits per heavy atom. The molecular weight excluding hydrogens is 294 g/mol. The van der Waals surface area contributed by atoms with E-state index >= 15 is 0 Å². The van der Waals surface area contributed by atoms with Gasteiger partial charge in [-0.15, -0.1) is 11.3 Å². The molecule has 2 aromatic rings. The van der Waals surface area contributed by atoms with Crippen LogP contribution in [0.4, 0.5) is 0 Å². The zero-order valence-electron chi connectivity index (χ0n) is 13.4. The first-order valence-corrected chi connectivity index (χ1v) is 9.29. The van der Waals surface area contributed by atoms with Gasteiger partial charge < -0.3 is 9.88 Å². The summed E-state index contributed by atoms with van der Waals surface area (Å²) < 4.78 is 0. The number of rotatable bonds is 2. The molecule has 1 fully saturated rings. The van der Waals surface area contributed by atoms with Crippen LogP contribution in [0.25, 0.3) is 10.2 Å². The molecule has 4 rings (SSSR count). The third-order valence-electron chi connectivity index (χ3n) is 5.12. The molecule has 0 amide bonds. The number of aryl methyl sites for hydroxylation is 2. The van der Waals surface area contributed by atoms with Crippen LogP contribution in [0.5, 0.6) is 0 Å². The van der Waals surface area contributed by atoms with Gasteiger partial charge in [0, 0.05) is 16.7 Å². The van der Waals surface area contributed by atoms with E-state index in [1.807, 2.05) is 0 Å². The van der Waals surface area contributed by atoms with Gasteiger partial charge in [-0.3, -0.25) is 4.79 Å². The van der Waals surface area contributed by atoms with Crippen molar-refractivity contribution in [1.29, 1.82) is 0 Å². The highest BCUT2D eigenvalue weighted by atomic mass is 32.1. The first kappa shape index (κ1) is 14.4. The van der Waals surface area contributed by atoms with Crippen molar-refractivity contribution in [1.82, 2.24) is 9.97 Å². The second-order valence-corrected chi connectivity index (χ2v) is 8.41. The minimum atomic E-state index is 0.0805. The predicted molar refractivity (Wildman–Crippen MR) is 89.6 cm³/mol. The van der Waals surface area contributed by atoms with E-state index in [1.165, 1.54) is 36.4 Å². The van der Waals surface area contributed by atoms with Crippen LogP contribution in [0.2, 0.25) is 0 Å². The molecule has 0 bridgehead atoms. The number of quaternary nitrogens is 1. The van der Waals surface area contributed by atoms with Crippen LogP contribution in [0.15, 0.2) is 4.79 Å². The smallest absolute Gasteiger partial charge is 0.260 e. The van der Waals surface area contributed by atoms with E-state index in [-0.39, 0.29) is 5.56 Å². The molecule has 3 atom stereocenters. The van der Waals surface area contributed by atoms with Crippen LogP contribution in [0.1, 0.15) is 43.0 Å². The minimum Gasteiger partial charge on any atom is -0.328 e. The molecular formula is C17H24N3OS+. The zero-order valence-corrected chi connectivity index (χ0v) is 14.2. The topological polar surface area (TPSA) is 50.2 Å². The molecule has 118 valence electrons. The van der Waals surface area contributed by atoms with E-state index in [4.69, 9.17) is 4.98 Å². The number of nitrogens with one attached hydrogen (secondary N) is 2. The molecule has 22 heavy (non-hydrogen) atoms. The summed E-state index contributed by atoms with van der Waals surface area (Å²) in [7, 11) is 0. The summed E-state index contributed by atoms with van der Waals surface area (Å²) in [5, 5.41) is 0.872. The van der Waals surface area contributed by atoms with Crippen molar-refractivity contribution in [3.8, 4) is 0 Å². The van der Waals surface area contributed by atoms with Gasteiger partial charge in [0.2, 0.25) is 0 Å². The summed E-state index contributed by atoms with van der Waals surface area (Å²) in [6, 6.07) is 0. The van der Waals surface area contributed by atoms with Crippen LogP contribution in [0, 0.1) is 11.8 Å². The summed E-state index contributed by atoms with van der Waals surface area (Å²) in [5.74, 6) is 2.40. The molecule has 1 unspecified atom stereocenters. The molecule has 0 radical (unpaired) electrons. The van der Waals surface area contributed by atoms with Crippen LogP contribution < -0.4 is 10.5 Å². The van der Waals surface area contributed by atoms with Gasteiger partial charge in [-0.25, -0.2) is 4.98 Å². The summed E-state index contributed by atoms with van der Waals surface area (Å²) in [6.45, 7) is 7.89. The van der Waals surface area contributed by atoms with E-state index in [1.54, 1.807) is 16.2 Å². The van der Waals surface area contributed by atoms with Crippen LogP contribution in [-0.4, -0.2) is 23.1 Å². The van der Waals surface area contributed by atoms with E-state index in [9.17, 15) is 4.79 Å². The highest BCUT2D eigenvalue weighted by Gasteiger charge is 2.26. The molecule has 0 saturated carbocycles. The quantitative estimate of drug-likeness (QED) is 0.882. The molecule has 1 saturated heterocycles. The number of hydrogen-bond donors (Lipinski definition) is 2. The first-order chi connectivity index (χ1) is 10.6. The normalized spacial score (nSPS) is 28.2. The molecule has 3 heterocycles. The van der Waals surface area contributed by atoms with Crippen molar-refractivity contribution in [3.05, 3.63) is 26.6 Å². The van der Waals surface area contributed by atoms with Crippen molar-refractivity contribution >= 4 is 21.6 Å². The van der Waals surface area contributed by atoms with Crippen LogP contribution >= 0.6 is 11.3 Å². The van der Waals surface area contributed by atoms with Crippen molar-refractivity contribution in [2.75, 3.05) is 13.1 Å². The molecule has 1 aliphatic carbocycles. The van der Waals surface area contributed by atoms with Gasteiger partial charge in [-0.2, -0.15) is 0 Å². The van der Waals surface area contributed by atoms with E-state index in [0.717, 1.165) is 47.3 Å². The zero-order chi connectivity index (χ0) is 15.3. The van der Waals surface area contributed by atoms with Crippen molar-refractivity contribution in [2.24, 2.45) is 11.8 Å². The van der Waals surface area contributed by atoms with Crippen LogP contribution in [-0.2, 0) is 19.4 Å². The van der Waals surface area contributed by atoms with E-state index < -0.39 is 0 Å². The fourth-order valence-corrected chi connectivity index (χ4v) is 5.72. The molecule has 0 spiro atoms. The Hall–Kier alpha value is -1.20. The average molecular weight is 318 g/mol. The number of thiophene rings is 1. The molecule has 2 aliphatic rings. The summed E-state index contributed by atoms with van der Waals surface area (Å²) in [5.41, 5.74) is 1.35. The summed E-state index contributed by atoms with van der Waals surface area (Å²) in [6.07, 6.45) is 4.68. The van der Waals surface area contributed by atoms with Crippen molar-refractivity contribution in [2.45, 2.75) is 46.1 Å². The van der Waals surface area contributed by atoms with Gasteiger partial charge in [0.15, 0.2) is 5.82 Å². The predicted octanol–water partition coefficient (Wildman–Crippen LogP) is 1.53. The number of piperidine rings is 1. The highest BCUT2D eigenvalue weighted by Crippen LogP contribution is 2.34. The molecule has 5 heteroatoms. The van der Waals surface area contributed by atoms with Crippen molar-refractivity contribution < 1.29 is 4.90 Å². The maximum absolute atomic E-state index is 12.5. The maximum atomic E-state index is 12.5. The number of nitrogens with zero attached hydrogens (tertiary/aromatic N) is 1. The van der Waals surface area contributed by atoms with Gasteiger partial charge in [0.25, 0.3) is 5.56 Å². The number of likely N-dealkylation sites (tertiary alicyclic amines) is 1. The maximum Gasteiger partial charge on any atom is 0.260 e. The number of H-pyrrole nitrogens is 1. The molecule has 2 aromatic heterocycles. The Bertz CT molecular complexity index is 753. The SMILES string of the molecule is C[C@@H]1C[C@H](C)C[NH+](Cc2nc3sc4c(c3c(=O)[nH]2)CCC4)C1. The number of fused-ring (bicyclic) bond motifs is 3. The van der Waals surface area contributed by atoms with Gasteiger partial charge in [0.05, 0.1) is 18.5 Å². The Labute approximate surface area is 134 Å². The lowest BCUT2D eigenvalue weighted by atomic mass is 9.92. The monoisotopic (exact) mass is 318 g/mol. The molecule has 2 N–H and O–H groups in total. The first-order valence-electron chi connectivity index (χ1n) is 8.47. The largest absolute Gasteiger partial charge is 0.328 e. The molecule has 1 aliphatic heterocycles. The van der Waals surface area contributed by atoms with Gasteiger partial charge in [-0.1, -0.05) is 13.8 Å². The minimum absolute atomic E-state index is 0.0805. The Balaban J connectivity index is 1.64. The fourth-order valence-electron chi connectivity index (χ4n) is 4.43. The van der Waals surface area contributed by atoms with E-state index in [0.29, 0.717) is 0 Å². The lowest BCUT2D eigenvalue weighted by Gasteiger charge is -2.31. The van der Waals surface area contributed by atoms with Crippen LogP contribution in [0.3, 0.4) is 0 Å². The Morgan fingerprint density at radius 2 is 2.05 bits per heavy atom. The number of aromatic amines is 1.